The Morgan fingerprint density at radius 3 is 0.900 bits per heavy atom. The van der Waals surface area contributed by atoms with Gasteiger partial charge in [0.1, 0.15) is 0 Å². The minimum Gasteiger partial charge on any atom is -0.780 e. The van der Waals surface area contributed by atoms with Gasteiger partial charge in [-0.15, -0.1) is 9.05 Å². The fraction of sp³-hybridized carbons (Fsp3) is 0. The summed E-state index contributed by atoms with van der Waals surface area (Å²) in [7, 11) is -9.50. The summed E-state index contributed by atoms with van der Waals surface area (Å²) < 4.78 is 60.8. The van der Waals surface area contributed by atoms with E-state index >= 15 is 0 Å². The highest BCUT2D eigenvalue weighted by Crippen LogP contribution is 1.60. The first-order valence-corrected chi connectivity index (χ1v) is 5.00. The molecule has 0 saturated heterocycles. The Bertz CT molecular complexity index is 205. The molecular formula is O7S3-4. The molecule has 0 atom stereocenters. The van der Waals surface area contributed by atoms with Gasteiger partial charge in [0, 0.05) is 10.4 Å². The maximum Gasteiger partial charge on any atom is 0.0311 e. The lowest BCUT2D eigenvalue weighted by Crippen LogP contribution is -1.91. The molecule has 0 aromatic carbocycles. The first kappa shape index (κ1) is 12.8. The summed E-state index contributed by atoms with van der Waals surface area (Å²) in [6.07, 6.45) is 0. The molecule has 0 heterocycles. The van der Waals surface area contributed by atoms with Crippen LogP contribution in [0.5, 0.6) is 0 Å². The molecule has 10 heavy (non-hydrogen) atoms. The van der Waals surface area contributed by atoms with Crippen LogP contribution >= 0.6 is 0 Å². The quantitative estimate of drug-likeness (QED) is 0.318. The third-order valence-electron chi connectivity index (χ3n) is 0. The fourth-order valence-corrected chi connectivity index (χ4v) is 0. The van der Waals surface area contributed by atoms with Crippen molar-refractivity contribution >= 4 is 30.6 Å². The van der Waals surface area contributed by atoms with Crippen LogP contribution in [0.25, 0.3) is 0 Å². The topological polar surface area (TPSA) is 143 Å². The molecule has 0 radical (unpaired) electrons. The van der Waals surface area contributed by atoms with Crippen LogP contribution in [-0.2, 0) is 30.6 Å². The Labute approximate surface area is 62.0 Å². The van der Waals surface area contributed by atoms with Crippen LogP contribution in [0.1, 0.15) is 0 Å². The van der Waals surface area contributed by atoms with Gasteiger partial charge in [0.2, 0.25) is 0 Å². The largest absolute Gasteiger partial charge is 0.780 e. The van der Waals surface area contributed by atoms with Gasteiger partial charge >= 0.3 is 0 Å². The molecule has 0 amide bonds. The molecule has 7 nitrogen and oxygen atoms in total. The smallest absolute Gasteiger partial charge is 0.0311 e. The normalized spacial score (nSPS) is 11.6. The zero-order chi connectivity index (χ0) is 9.00. The van der Waals surface area contributed by atoms with Gasteiger partial charge < -0.3 is 18.2 Å². The van der Waals surface area contributed by atoms with Crippen LogP contribution in [0.4, 0.5) is 0 Å². The maximum absolute atomic E-state index is 8.89. The highest BCUT2D eigenvalue weighted by atomic mass is 32.9. The third kappa shape index (κ3) is 16300. The second-order valence-corrected chi connectivity index (χ2v) is 3.67. The highest BCUT2D eigenvalue weighted by molar-refractivity contribution is 8.26. The summed E-state index contributed by atoms with van der Waals surface area (Å²) in [4.78, 5) is 0. The molecule has 0 rings (SSSR count). The van der Waals surface area contributed by atoms with Crippen molar-refractivity contribution in [1.29, 1.82) is 0 Å². The van der Waals surface area contributed by atoms with Gasteiger partial charge in [0.25, 0.3) is 0 Å². The molecule has 0 unspecified atom stereocenters. The van der Waals surface area contributed by atoms with Gasteiger partial charge in [-0.25, -0.2) is 0 Å². The van der Waals surface area contributed by atoms with Crippen LogP contribution in [0.3, 0.4) is 0 Å². The highest BCUT2D eigenvalue weighted by Gasteiger charge is 1.49. The van der Waals surface area contributed by atoms with Crippen molar-refractivity contribution < 1.29 is 30.8 Å². The van der Waals surface area contributed by atoms with Crippen molar-refractivity contribution in [2.75, 3.05) is 0 Å². The van der Waals surface area contributed by atoms with Crippen molar-refractivity contribution in [3.05, 3.63) is 0 Å². The summed E-state index contributed by atoms with van der Waals surface area (Å²) >= 11 is 3.24. The van der Waals surface area contributed by atoms with Gasteiger partial charge in [-0.1, -0.05) is 0 Å². The molecule has 0 bridgehead atoms. The molecule has 0 aliphatic rings. The Kier molecular flexibility index (Phi) is 5.28. The van der Waals surface area contributed by atoms with Gasteiger partial charge in [-0.3, -0.25) is 12.6 Å². The second kappa shape index (κ2) is 4.12. The summed E-state index contributed by atoms with van der Waals surface area (Å²) in [6.45, 7) is 0. The van der Waals surface area contributed by atoms with Crippen LogP contribution in [0.15, 0.2) is 0 Å². The standard InChI is InChI=1S/H2O4S.H2O3S2/c2*1-5(2,3)4/h2*(H2,1,2,3,4)/p-4. The van der Waals surface area contributed by atoms with Crippen molar-refractivity contribution in [2.45, 2.75) is 0 Å². The Morgan fingerprint density at radius 2 is 0.900 bits per heavy atom. The van der Waals surface area contributed by atoms with E-state index in [-0.39, 0.29) is 0 Å². The first-order chi connectivity index (χ1) is 4.00. The first-order valence-electron chi connectivity index (χ1n) is 1.33. The molecular weight excluding hydrogens is 208 g/mol. The van der Waals surface area contributed by atoms with E-state index in [1.165, 1.54) is 0 Å². The zero-order valence-corrected chi connectivity index (χ0v) is 6.53. The van der Waals surface area contributed by atoms with Crippen molar-refractivity contribution in [3.8, 4) is 0 Å². The minimum atomic E-state index is -5.17. The summed E-state index contributed by atoms with van der Waals surface area (Å²) in [5.41, 5.74) is 0. The average molecular weight is 208 g/mol. The van der Waals surface area contributed by atoms with Crippen LogP contribution < -0.4 is 0 Å². The second-order valence-electron chi connectivity index (χ2n) is 0.816. The molecule has 0 aliphatic heterocycles. The predicted molar refractivity (Wildman–Crippen MR) is 27.5 cm³/mol. The lowest BCUT2D eigenvalue weighted by molar-refractivity contribution is 0.352. The van der Waals surface area contributed by atoms with E-state index in [9.17, 15) is 0 Å². The Balaban J connectivity index is 0. The van der Waals surface area contributed by atoms with E-state index in [1.54, 1.807) is 0 Å². The van der Waals surface area contributed by atoms with E-state index in [0.717, 1.165) is 0 Å². The molecule has 0 N–H and O–H groups in total. The van der Waals surface area contributed by atoms with Crippen LogP contribution in [0.2, 0.25) is 0 Å². The summed E-state index contributed by atoms with van der Waals surface area (Å²) in [6, 6.07) is 0. The van der Waals surface area contributed by atoms with Gasteiger partial charge in [-0.2, -0.15) is 0 Å². The average Bonchev–Trinajstić information content (AvgIpc) is 1.12. The van der Waals surface area contributed by atoms with Gasteiger partial charge in [0.05, 0.1) is 0 Å². The molecule has 0 spiro atoms. The Morgan fingerprint density at radius 1 is 0.900 bits per heavy atom. The number of hydrogen-bond donors (Lipinski definition) is 0. The molecule has 10 heteroatoms. The lowest BCUT2D eigenvalue weighted by Gasteiger charge is -2.12. The lowest BCUT2D eigenvalue weighted by atomic mass is 15.8. The van der Waals surface area contributed by atoms with E-state index < -0.39 is 19.5 Å². The van der Waals surface area contributed by atoms with Crippen LogP contribution in [0, 0.1) is 0 Å². The van der Waals surface area contributed by atoms with Crippen molar-refractivity contribution in [1.82, 2.24) is 0 Å². The third-order valence-corrected chi connectivity index (χ3v) is 0. The maximum atomic E-state index is 8.89. The molecule has 0 saturated carbocycles. The van der Waals surface area contributed by atoms with E-state index in [1.807, 2.05) is 0 Å². The Hall–Kier alpha value is 0.160. The van der Waals surface area contributed by atoms with E-state index in [0.29, 0.717) is 0 Å². The SMILES string of the molecule is O=S(=O)([O-])[O-].O=S([O-])([O-])=S. The molecule has 0 aromatic rings. The fourth-order valence-electron chi connectivity index (χ4n) is 0. The molecule has 64 valence electrons. The van der Waals surface area contributed by atoms with E-state index in [2.05, 4.69) is 11.2 Å². The van der Waals surface area contributed by atoms with Crippen LogP contribution in [-0.4, -0.2) is 30.8 Å². The molecule has 0 fully saturated rings. The summed E-state index contributed by atoms with van der Waals surface area (Å²) in [5, 5.41) is 0. The monoisotopic (exact) mass is 208 g/mol. The van der Waals surface area contributed by atoms with E-state index in [4.69, 9.17) is 30.8 Å². The zero-order valence-electron chi connectivity index (χ0n) is 4.08. The molecule has 0 aromatic heterocycles. The van der Waals surface area contributed by atoms with Crippen molar-refractivity contribution in [3.63, 3.8) is 0 Å². The summed E-state index contributed by atoms with van der Waals surface area (Å²) in [5.74, 6) is 0. The van der Waals surface area contributed by atoms with Gasteiger partial charge in [-0.05, 0) is 11.2 Å². The number of hydrogen-bond acceptors (Lipinski definition) is 8. The minimum absolute atomic E-state index is 3.24. The predicted octanol–water partition coefficient (Wildman–Crippen LogP) is -2.34. The van der Waals surface area contributed by atoms with Gasteiger partial charge in [0.15, 0.2) is 0 Å². The van der Waals surface area contributed by atoms with Crippen molar-refractivity contribution in [2.24, 2.45) is 0 Å². The molecule has 0 aliphatic carbocycles. The number of rotatable bonds is 0.